The molecule has 1 aromatic carbocycles. The summed E-state index contributed by atoms with van der Waals surface area (Å²) in [6.07, 6.45) is 7.99. The van der Waals surface area contributed by atoms with Gasteiger partial charge < -0.3 is 23.8 Å². The average molecular weight is 502 g/mol. The Kier molecular flexibility index (Phi) is 5.60. The van der Waals surface area contributed by atoms with E-state index in [2.05, 4.69) is 9.72 Å². The number of aromatic nitrogens is 2. The van der Waals surface area contributed by atoms with Crippen molar-refractivity contribution in [1.82, 2.24) is 19.4 Å². The highest BCUT2D eigenvalue weighted by atomic mass is 19.3. The van der Waals surface area contributed by atoms with Gasteiger partial charge in [-0.05, 0) is 39.0 Å². The van der Waals surface area contributed by atoms with Crippen LogP contribution in [0.1, 0.15) is 31.5 Å². The van der Waals surface area contributed by atoms with Crippen LogP contribution in [0.3, 0.4) is 0 Å². The van der Waals surface area contributed by atoms with E-state index in [1.54, 1.807) is 23.4 Å². The van der Waals surface area contributed by atoms with Crippen molar-refractivity contribution in [1.29, 1.82) is 0 Å². The van der Waals surface area contributed by atoms with Gasteiger partial charge in [-0.1, -0.05) is 0 Å². The van der Waals surface area contributed by atoms with Crippen LogP contribution in [0.15, 0.2) is 42.5 Å². The molecule has 0 radical (unpaired) electrons. The van der Waals surface area contributed by atoms with Crippen LogP contribution < -0.4 is 9.47 Å². The molecule has 1 saturated carbocycles. The molecular formula is C25H25F3N4O4. The Hall–Kier alpha value is -3.76. The quantitative estimate of drug-likeness (QED) is 0.428. The predicted molar refractivity (Wildman–Crippen MR) is 123 cm³/mol. The third-order valence-electron chi connectivity index (χ3n) is 7.24. The number of rotatable bonds is 7. The fourth-order valence-corrected chi connectivity index (χ4v) is 5.16. The molecule has 0 bridgehead atoms. The number of alkyl halides is 2. The van der Waals surface area contributed by atoms with Gasteiger partial charge in [0.1, 0.15) is 17.0 Å². The number of halogens is 3. The van der Waals surface area contributed by atoms with E-state index in [4.69, 9.17) is 4.74 Å². The minimum Gasteiger partial charge on any atom is -0.486 e. The van der Waals surface area contributed by atoms with Crippen LogP contribution in [0.25, 0.3) is 5.70 Å². The summed E-state index contributed by atoms with van der Waals surface area (Å²) in [5.41, 5.74) is 1.00. The first-order chi connectivity index (χ1) is 17.1. The number of piperazine rings is 1. The number of amides is 2. The molecule has 2 aromatic rings. The van der Waals surface area contributed by atoms with Crippen molar-refractivity contribution in [2.24, 2.45) is 0 Å². The van der Waals surface area contributed by atoms with Crippen molar-refractivity contribution >= 4 is 18.0 Å². The molecule has 2 unspecified atom stereocenters. The summed E-state index contributed by atoms with van der Waals surface area (Å²) in [4.78, 5) is 32.3. The van der Waals surface area contributed by atoms with Crippen LogP contribution in [0.5, 0.6) is 11.5 Å². The van der Waals surface area contributed by atoms with E-state index in [0.717, 1.165) is 17.5 Å². The first-order valence-corrected chi connectivity index (χ1v) is 11.5. The fraction of sp³-hybridized carbons (Fsp3) is 0.400. The molecule has 11 heteroatoms. The number of carbonyl (C=O) groups is 2. The largest absolute Gasteiger partial charge is 0.486 e. The maximum atomic E-state index is 14.3. The SMILES string of the molecule is C/C(=C\C=C1\C(=O)N(CC23CC2(C)Oc2cc(F)c(OC(F)F)cc23)CCN1C=O)n1cnc(C)c1. The highest BCUT2D eigenvalue weighted by Crippen LogP contribution is 2.67. The van der Waals surface area contributed by atoms with E-state index in [1.807, 2.05) is 31.5 Å². The van der Waals surface area contributed by atoms with Crippen molar-refractivity contribution in [3.05, 3.63) is 59.6 Å². The van der Waals surface area contributed by atoms with Gasteiger partial charge in [-0.2, -0.15) is 8.78 Å². The Labute approximate surface area is 205 Å². The number of imidazole rings is 1. The molecule has 2 fully saturated rings. The van der Waals surface area contributed by atoms with Crippen molar-refractivity contribution < 1.29 is 32.2 Å². The van der Waals surface area contributed by atoms with Crippen molar-refractivity contribution in [2.45, 2.75) is 44.8 Å². The number of hydrogen-bond acceptors (Lipinski definition) is 5. The van der Waals surface area contributed by atoms with Gasteiger partial charge in [0.2, 0.25) is 6.41 Å². The molecule has 1 saturated heterocycles. The number of fused-ring (bicyclic) bond motifs is 3. The van der Waals surface area contributed by atoms with Gasteiger partial charge >= 0.3 is 6.61 Å². The third-order valence-corrected chi connectivity index (χ3v) is 7.24. The Bertz CT molecular complexity index is 1310. The molecule has 1 aliphatic carbocycles. The topological polar surface area (TPSA) is 76.9 Å². The third kappa shape index (κ3) is 3.82. The Morgan fingerprint density at radius 2 is 2.11 bits per heavy atom. The van der Waals surface area contributed by atoms with Crippen molar-refractivity contribution in [3.63, 3.8) is 0 Å². The second kappa shape index (κ2) is 8.42. The van der Waals surface area contributed by atoms with Gasteiger partial charge in [0, 0.05) is 49.6 Å². The van der Waals surface area contributed by atoms with E-state index in [1.165, 1.54) is 11.0 Å². The fourth-order valence-electron chi connectivity index (χ4n) is 5.16. The van der Waals surface area contributed by atoms with Crippen LogP contribution in [-0.2, 0) is 15.0 Å². The van der Waals surface area contributed by atoms with Crippen molar-refractivity contribution in [3.8, 4) is 11.5 Å². The maximum Gasteiger partial charge on any atom is 0.387 e. The highest BCUT2D eigenvalue weighted by Gasteiger charge is 2.73. The lowest BCUT2D eigenvalue weighted by Crippen LogP contribution is -2.51. The summed E-state index contributed by atoms with van der Waals surface area (Å²) >= 11 is 0. The molecule has 0 spiro atoms. The van der Waals surface area contributed by atoms with Crippen LogP contribution in [0.2, 0.25) is 0 Å². The van der Waals surface area contributed by atoms with E-state index in [-0.39, 0.29) is 30.4 Å². The summed E-state index contributed by atoms with van der Waals surface area (Å²) in [5.74, 6) is -1.59. The molecule has 2 atom stereocenters. The lowest BCUT2D eigenvalue weighted by molar-refractivity contribution is -0.135. The number of allylic oxidation sites excluding steroid dienone is 3. The monoisotopic (exact) mass is 502 g/mol. The van der Waals surface area contributed by atoms with E-state index in [9.17, 15) is 22.8 Å². The highest BCUT2D eigenvalue weighted by molar-refractivity contribution is 5.96. The molecule has 1 aromatic heterocycles. The van der Waals surface area contributed by atoms with Crippen LogP contribution in [0.4, 0.5) is 13.2 Å². The van der Waals surface area contributed by atoms with Gasteiger partial charge in [0.15, 0.2) is 11.6 Å². The Morgan fingerprint density at radius 1 is 1.33 bits per heavy atom. The standard InChI is InChI=1S/C25H25F3N4O4/c1-15-10-32(13-29-15)16(2)4-5-19-22(34)30(6-7-31(19)14-33)12-25-11-24(25,3)36-20-9-18(26)21(8-17(20)25)35-23(27)28/h4-5,8-10,13-14,23H,6-7,11-12H2,1-3H3/b16-4+,19-5-. The average Bonchev–Trinajstić information content (AvgIpc) is 3.07. The number of carbonyl (C=O) groups excluding carboxylic acids is 2. The smallest absolute Gasteiger partial charge is 0.387 e. The van der Waals surface area contributed by atoms with Gasteiger partial charge in [0.05, 0.1) is 17.4 Å². The zero-order valence-corrected chi connectivity index (χ0v) is 20.0. The van der Waals surface area contributed by atoms with Crippen molar-refractivity contribution in [2.75, 3.05) is 19.6 Å². The molecule has 3 heterocycles. The lowest BCUT2D eigenvalue weighted by Gasteiger charge is -2.36. The number of ether oxygens (including phenoxy) is 2. The number of nitrogens with zero attached hydrogens (tertiary/aromatic N) is 4. The molecule has 8 nitrogen and oxygen atoms in total. The summed E-state index contributed by atoms with van der Waals surface area (Å²) in [5, 5.41) is 0. The number of benzene rings is 1. The molecule has 2 amide bonds. The second-order valence-electron chi connectivity index (χ2n) is 9.56. The first-order valence-electron chi connectivity index (χ1n) is 11.5. The summed E-state index contributed by atoms with van der Waals surface area (Å²) < 4.78 is 52.0. The Balaban J connectivity index is 1.43. The zero-order chi connectivity index (χ0) is 25.8. The van der Waals surface area contributed by atoms with Gasteiger partial charge in [-0.15, -0.1) is 0 Å². The Morgan fingerprint density at radius 3 is 2.78 bits per heavy atom. The summed E-state index contributed by atoms with van der Waals surface area (Å²) in [6.45, 7) is 3.20. The molecule has 5 rings (SSSR count). The molecule has 0 N–H and O–H groups in total. The molecule has 2 aliphatic heterocycles. The van der Waals surface area contributed by atoms with E-state index >= 15 is 0 Å². The lowest BCUT2D eigenvalue weighted by atomic mass is 9.92. The number of hydrogen-bond donors (Lipinski definition) is 0. The van der Waals surface area contributed by atoms with Crippen LogP contribution >= 0.6 is 0 Å². The number of aryl methyl sites for hydroxylation is 1. The summed E-state index contributed by atoms with van der Waals surface area (Å²) in [7, 11) is 0. The summed E-state index contributed by atoms with van der Waals surface area (Å²) in [6, 6.07) is 2.30. The molecule has 3 aliphatic rings. The zero-order valence-electron chi connectivity index (χ0n) is 20.0. The molecule has 190 valence electrons. The van der Waals surface area contributed by atoms with E-state index in [0.29, 0.717) is 24.9 Å². The first kappa shape index (κ1) is 24.0. The minimum absolute atomic E-state index is 0.214. The molecular weight excluding hydrogens is 477 g/mol. The maximum absolute atomic E-state index is 14.3. The normalized spacial score (nSPS) is 26.2. The molecule has 36 heavy (non-hydrogen) atoms. The van der Waals surface area contributed by atoms with Gasteiger partial charge in [-0.3, -0.25) is 9.59 Å². The van der Waals surface area contributed by atoms with Gasteiger partial charge in [-0.25, -0.2) is 9.37 Å². The van der Waals surface area contributed by atoms with E-state index < -0.39 is 29.2 Å². The second-order valence-corrected chi connectivity index (χ2v) is 9.56. The predicted octanol–water partition coefficient (Wildman–Crippen LogP) is 3.47. The van der Waals surface area contributed by atoms with Crippen LogP contribution in [-0.4, -0.2) is 63.5 Å². The van der Waals surface area contributed by atoms with Gasteiger partial charge in [0.25, 0.3) is 5.91 Å². The van der Waals surface area contributed by atoms with Crippen LogP contribution in [0, 0.1) is 12.7 Å². The minimum atomic E-state index is -3.17.